The van der Waals surface area contributed by atoms with Crippen molar-refractivity contribution in [2.24, 2.45) is 0 Å². The first-order valence-corrected chi connectivity index (χ1v) is 8.59. The van der Waals surface area contributed by atoms with E-state index in [1.807, 2.05) is 19.2 Å². The predicted octanol–water partition coefficient (Wildman–Crippen LogP) is 4.44. The van der Waals surface area contributed by atoms with E-state index >= 15 is 0 Å². The van der Waals surface area contributed by atoms with Crippen LogP contribution in [0.25, 0.3) is 0 Å². The fourth-order valence-corrected chi connectivity index (χ4v) is 4.05. The number of rotatable bonds is 5. The van der Waals surface area contributed by atoms with E-state index in [-0.39, 0.29) is 6.04 Å². The second-order valence-corrected chi connectivity index (χ2v) is 7.35. The van der Waals surface area contributed by atoms with Crippen LogP contribution in [0, 0.1) is 6.92 Å². The number of thiophene rings is 2. The lowest BCUT2D eigenvalue weighted by atomic mass is 10.2. The van der Waals surface area contributed by atoms with Gasteiger partial charge < -0.3 is 0 Å². The van der Waals surface area contributed by atoms with E-state index in [0.29, 0.717) is 6.54 Å². The Balaban J connectivity index is 1.78. The van der Waals surface area contributed by atoms with Crippen LogP contribution < -0.4 is 5.32 Å². The third-order valence-electron chi connectivity index (χ3n) is 3.03. The Bertz CT molecular complexity index is 692. The van der Waals surface area contributed by atoms with Gasteiger partial charge in [0.05, 0.1) is 21.8 Å². The van der Waals surface area contributed by atoms with Crippen LogP contribution in [-0.4, -0.2) is 9.97 Å². The molecule has 0 radical (unpaired) electrons. The number of aromatic nitrogens is 2. The minimum absolute atomic E-state index is 0.144. The maximum Gasteiger partial charge on any atom is 0.0931 e. The monoisotopic (exact) mass is 335 g/mol. The Morgan fingerprint density at radius 2 is 2.10 bits per heavy atom. The van der Waals surface area contributed by atoms with E-state index in [9.17, 15) is 0 Å². The average molecular weight is 336 g/mol. The Hall–Kier alpha value is -1.27. The molecule has 0 saturated heterocycles. The summed E-state index contributed by atoms with van der Waals surface area (Å²) in [5.41, 5.74) is 1.86. The molecule has 3 rings (SSSR count). The predicted molar refractivity (Wildman–Crippen MR) is 89.1 cm³/mol. The molecular weight excluding hydrogens is 322 g/mol. The van der Waals surface area contributed by atoms with Crippen LogP contribution in [0.4, 0.5) is 0 Å². The third-order valence-corrected chi connectivity index (χ3v) is 5.26. The quantitative estimate of drug-likeness (QED) is 0.749. The first-order valence-electron chi connectivity index (χ1n) is 6.52. The van der Waals surface area contributed by atoms with E-state index in [4.69, 9.17) is 11.6 Å². The molecule has 0 spiro atoms. The molecule has 0 bridgehead atoms. The van der Waals surface area contributed by atoms with Gasteiger partial charge in [0.2, 0.25) is 0 Å². The molecule has 0 aliphatic carbocycles. The summed E-state index contributed by atoms with van der Waals surface area (Å²) in [5, 5.41) is 5.64. The Kier molecular flexibility index (Phi) is 4.65. The van der Waals surface area contributed by atoms with Crippen molar-refractivity contribution in [3.05, 3.63) is 67.5 Å². The standard InChI is InChI=1S/C15H14ClN3S2/c1-10-7-18-11(8-17-10)9-19-15(12-3-2-6-20-12)13-4-5-14(16)21-13/h2-8,15,19H,9H2,1H3. The summed E-state index contributed by atoms with van der Waals surface area (Å²) in [7, 11) is 0. The molecule has 6 heteroatoms. The normalized spacial score (nSPS) is 12.5. The molecule has 3 aromatic heterocycles. The Morgan fingerprint density at radius 1 is 1.19 bits per heavy atom. The highest BCUT2D eigenvalue weighted by Crippen LogP contribution is 2.33. The minimum Gasteiger partial charge on any atom is -0.299 e. The van der Waals surface area contributed by atoms with Gasteiger partial charge in [-0.3, -0.25) is 15.3 Å². The van der Waals surface area contributed by atoms with Gasteiger partial charge in [0.15, 0.2) is 0 Å². The molecule has 3 heterocycles. The maximum atomic E-state index is 6.07. The van der Waals surface area contributed by atoms with Crippen LogP contribution in [0.3, 0.4) is 0 Å². The molecule has 3 nitrogen and oxygen atoms in total. The number of hydrogen-bond donors (Lipinski definition) is 1. The van der Waals surface area contributed by atoms with Gasteiger partial charge in [-0.1, -0.05) is 17.7 Å². The number of nitrogens with one attached hydrogen (secondary N) is 1. The second-order valence-electron chi connectivity index (χ2n) is 4.62. The van der Waals surface area contributed by atoms with Gasteiger partial charge in [-0.15, -0.1) is 22.7 Å². The maximum absolute atomic E-state index is 6.07. The van der Waals surface area contributed by atoms with Crippen molar-refractivity contribution in [1.82, 2.24) is 15.3 Å². The van der Waals surface area contributed by atoms with Crippen LogP contribution in [-0.2, 0) is 6.54 Å². The van der Waals surface area contributed by atoms with Gasteiger partial charge in [0.1, 0.15) is 0 Å². The molecule has 108 valence electrons. The highest BCUT2D eigenvalue weighted by molar-refractivity contribution is 7.16. The van der Waals surface area contributed by atoms with E-state index in [0.717, 1.165) is 15.7 Å². The van der Waals surface area contributed by atoms with Crippen molar-refractivity contribution in [3.63, 3.8) is 0 Å². The topological polar surface area (TPSA) is 37.8 Å². The van der Waals surface area contributed by atoms with E-state index in [1.165, 1.54) is 9.75 Å². The van der Waals surface area contributed by atoms with Gasteiger partial charge in [-0.2, -0.15) is 0 Å². The zero-order valence-electron chi connectivity index (χ0n) is 11.4. The number of hydrogen-bond acceptors (Lipinski definition) is 5. The van der Waals surface area contributed by atoms with Crippen molar-refractivity contribution < 1.29 is 0 Å². The van der Waals surface area contributed by atoms with Crippen molar-refractivity contribution >= 4 is 34.3 Å². The minimum atomic E-state index is 0.144. The van der Waals surface area contributed by atoms with Crippen LogP contribution in [0.1, 0.15) is 27.2 Å². The molecule has 1 atom stereocenters. The van der Waals surface area contributed by atoms with Gasteiger partial charge in [-0.05, 0) is 30.5 Å². The van der Waals surface area contributed by atoms with Gasteiger partial charge in [-0.25, -0.2) is 0 Å². The lowest BCUT2D eigenvalue weighted by Gasteiger charge is -2.15. The van der Waals surface area contributed by atoms with Gasteiger partial charge >= 0.3 is 0 Å². The van der Waals surface area contributed by atoms with Crippen molar-refractivity contribution in [2.75, 3.05) is 0 Å². The molecule has 0 aliphatic heterocycles. The summed E-state index contributed by atoms with van der Waals surface area (Å²) in [6, 6.07) is 8.36. The van der Waals surface area contributed by atoms with E-state index in [1.54, 1.807) is 28.9 Å². The molecule has 0 aliphatic rings. The summed E-state index contributed by atoms with van der Waals surface area (Å²) < 4.78 is 0.809. The summed E-state index contributed by atoms with van der Waals surface area (Å²) in [6.45, 7) is 2.61. The highest BCUT2D eigenvalue weighted by atomic mass is 35.5. The molecular formula is C15H14ClN3S2. The zero-order chi connectivity index (χ0) is 14.7. The molecule has 3 aromatic rings. The van der Waals surface area contributed by atoms with Crippen molar-refractivity contribution in [1.29, 1.82) is 0 Å². The number of aryl methyl sites for hydroxylation is 1. The van der Waals surface area contributed by atoms with Crippen molar-refractivity contribution in [3.8, 4) is 0 Å². The second kappa shape index (κ2) is 6.66. The van der Waals surface area contributed by atoms with E-state index in [2.05, 4.69) is 38.9 Å². The molecule has 1 unspecified atom stereocenters. The lowest BCUT2D eigenvalue weighted by Crippen LogP contribution is -2.21. The third kappa shape index (κ3) is 3.68. The van der Waals surface area contributed by atoms with E-state index < -0.39 is 0 Å². The molecule has 1 N–H and O–H groups in total. The highest BCUT2D eigenvalue weighted by Gasteiger charge is 2.17. The van der Waals surface area contributed by atoms with Crippen LogP contribution in [0.5, 0.6) is 0 Å². The SMILES string of the molecule is Cc1cnc(CNC(c2cccs2)c2ccc(Cl)s2)cn1. The summed E-state index contributed by atoms with van der Waals surface area (Å²) in [5.74, 6) is 0. The van der Waals surface area contributed by atoms with Crippen LogP contribution in [0.2, 0.25) is 4.34 Å². The molecule has 0 fully saturated rings. The summed E-state index contributed by atoms with van der Waals surface area (Å²) >= 11 is 9.42. The fraction of sp³-hybridized carbons (Fsp3) is 0.200. The van der Waals surface area contributed by atoms with Crippen LogP contribution in [0.15, 0.2) is 42.0 Å². The Labute approximate surface area is 136 Å². The van der Waals surface area contributed by atoms with Crippen molar-refractivity contribution in [2.45, 2.75) is 19.5 Å². The van der Waals surface area contributed by atoms with Gasteiger partial charge in [0.25, 0.3) is 0 Å². The first kappa shape index (κ1) is 14.7. The molecule has 21 heavy (non-hydrogen) atoms. The average Bonchev–Trinajstić information content (AvgIpc) is 3.13. The lowest BCUT2D eigenvalue weighted by molar-refractivity contribution is 0.610. The first-order chi connectivity index (χ1) is 10.2. The Morgan fingerprint density at radius 3 is 2.71 bits per heavy atom. The number of nitrogens with zero attached hydrogens (tertiary/aromatic N) is 2. The summed E-state index contributed by atoms with van der Waals surface area (Å²) in [6.07, 6.45) is 3.61. The zero-order valence-corrected chi connectivity index (χ0v) is 13.8. The fourth-order valence-electron chi connectivity index (χ4n) is 2.00. The summed E-state index contributed by atoms with van der Waals surface area (Å²) in [4.78, 5) is 11.1. The smallest absolute Gasteiger partial charge is 0.0931 e. The molecule has 0 saturated carbocycles. The van der Waals surface area contributed by atoms with Gasteiger partial charge in [0, 0.05) is 28.7 Å². The number of halogens is 1. The molecule has 0 aromatic carbocycles. The largest absolute Gasteiger partial charge is 0.299 e. The molecule has 0 amide bonds. The van der Waals surface area contributed by atoms with Crippen LogP contribution >= 0.6 is 34.3 Å².